The first-order valence-corrected chi connectivity index (χ1v) is 3.01. The van der Waals surface area contributed by atoms with E-state index in [1.165, 1.54) is 5.56 Å². The number of hydrogen-bond donors (Lipinski definition) is 0. The molecule has 0 spiro atoms. The van der Waals surface area contributed by atoms with E-state index in [1.54, 1.807) is 0 Å². The molecular weight excluding hydrogens is 154 g/mol. The van der Waals surface area contributed by atoms with Crippen molar-refractivity contribution in [2.75, 3.05) is 0 Å². The molecule has 0 aliphatic carbocycles. The standard InChI is InChI=1S/C9H10.2Na/c1-8(2)9-6-4-3-5-7-9;;/h3-7H,1H2,2H3;;. The van der Waals surface area contributed by atoms with Gasteiger partial charge in [-0.15, -0.1) is 0 Å². The third-order valence-corrected chi connectivity index (χ3v) is 1.27. The van der Waals surface area contributed by atoms with Crippen LogP contribution in [-0.4, -0.2) is 59.1 Å². The summed E-state index contributed by atoms with van der Waals surface area (Å²) in [5.74, 6) is 0. The average Bonchev–Trinajstić information content (AvgIpc) is 1.90. The van der Waals surface area contributed by atoms with Crippen LogP contribution in [0.15, 0.2) is 36.9 Å². The Hall–Kier alpha value is 0.960. The van der Waals surface area contributed by atoms with Gasteiger partial charge in [0.1, 0.15) is 0 Å². The summed E-state index contributed by atoms with van der Waals surface area (Å²) in [7, 11) is 0. The summed E-state index contributed by atoms with van der Waals surface area (Å²) in [4.78, 5) is 0. The summed E-state index contributed by atoms with van der Waals surface area (Å²) < 4.78 is 0. The fourth-order valence-corrected chi connectivity index (χ4v) is 0.723. The van der Waals surface area contributed by atoms with Crippen LogP contribution in [-0.2, 0) is 0 Å². The Morgan fingerprint density at radius 1 is 1.09 bits per heavy atom. The predicted molar refractivity (Wildman–Crippen MR) is 52.7 cm³/mol. The van der Waals surface area contributed by atoms with Crippen LogP contribution in [0.3, 0.4) is 0 Å². The van der Waals surface area contributed by atoms with Crippen LogP contribution in [0, 0.1) is 0 Å². The second kappa shape index (κ2) is 7.60. The summed E-state index contributed by atoms with van der Waals surface area (Å²) in [6, 6.07) is 10.2. The summed E-state index contributed by atoms with van der Waals surface area (Å²) in [6.07, 6.45) is 0. The van der Waals surface area contributed by atoms with E-state index in [4.69, 9.17) is 0 Å². The van der Waals surface area contributed by atoms with E-state index in [2.05, 4.69) is 18.7 Å². The Morgan fingerprint density at radius 3 is 1.82 bits per heavy atom. The summed E-state index contributed by atoms with van der Waals surface area (Å²) in [5.41, 5.74) is 2.34. The van der Waals surface area contributed by atoms with Crippen molar-refractivity contribution in [3.8, 4) is 0 Å². The Bertz CT molecular complexity index is 204. The molecular formula is C9H10Na2. The predicted octanol–water partition coefficient (Wildman–Crippen LogP) is 1.96. The zero-order valence-electron chi connectivity index (χ0n) is 7.59. The largest absolute Gasteiger partial charge is 0.0955 e. The number of allylic oxidation sites excluding steroid dienone is 1. The fraction of sp³-hybridized carbons (Fsp3) is 0.111. The van der Waals surface area contributed by atoms with Crippen LogP contribution in [0.2, 0.25) is 0 Å². The number of benzene rings is 1. The van der Waals surface area contributed by atoms with E-state index in [9.17, 15) is 0 Å². The molecule has 0 amide bonds. The van der Waals surface area contributed by atoms with Crippen molar-refractivity contribution in [1.82, 2.24) is 0 Å². The van der Waals surface area contributed by atoms with Gasteiger partial charge in [0, 0.05) is 59.1 Å². The Kier molecular flexibility index (Phi) is 10.0. The van der Waals surface area contributed by atoms with Crippen LogP contribution in [0.5, 0.6) is 0 Å². The van der Waals surface area contributed by atoms with Crippen molar-refractivity contribution in [1.29, 1.82) is 0 Å². The van der Waals surface area contributed by atoms with Crippen molar-refractivity contribution in [3.63, 3.8) is 0 Å². The quantitative estimate of drug-likeness (QED) is 0.556. The molecule has 0 saturated carbocycles. The fourth-order valence-electron chi connectivity index (χ4n) is 0.723. The van der Waals surface area contributed by atoms with E-state index >= 15 is 0 Å². The van der Waals surface area contributed by atoms with E-state index in [1.807, 2.05) is 25.1 Å². The monoisotopic (exact) mass is 164 g/mol. The van der Waals surface area contributed by atoms with Gasteiger partial charge in [-0.25, -0.2) is 0 Å². The van der Waals surface area contributed by atoms with E-state index in [0.29, 0.717) is 0 Å². The molecule has 1 aromatic rings. The maximum Gasteiger partial charge on any atom is 0 e. The van der Waals surface area contributed by atoms with Gasteiger partial charge in [0.25, 0.3) is 0 Å². The van der Waals surface area contributed by atoms with E-state index in [-0.39, 0.29) is 59.1 Å². The van der Waals surface area contributed by atoms with Crippen molar-refractivity contribution >= 4 is 64.7 Å². The van der Waals surface area contributed by atoms with Gasteiger partial charge in [0.2, 0.25) is 0 Å². The second-order valence-electron chi connectivity index (χ2n) is 2.15. The topological polar surface area (TPSA) is 0 Å². The Morgan fingerprint density at radius 2 is 1.55 bits per heavy atom. The third-order valence-electron chi connectivity index (χ3n) is 1.27. The second-order valence-corrected chi connectivity index (χ2v) is 2.15. The van der Waals surface area contributed by atoms with Crippen LogP contribution in [0.1, 0.15) is 12.5 Å². The average molecular weight is 164 g/mol. The molecule has 0 N–H and O–H groups in total. The maximum absolute atomic E-state index is 3.83. The molecule has 0 aliphatic heterocycles. The molecule has 11 heavy (non-hydrogen) atoms. The molecule has 0 heterocycles. The molecule has 0 aliphatic rings. The van der Waals surface area contributed by atoms with Crippen molar-refractivity contribution < 1.29 is 0 Å². The minimum Gasteiger partial charge on any atom is -0.0955 e. The normalized spacial score (nSPS) is 7.36. The smallest absolute Gasteiger partial charge is 0 e. The molecule has 0 aromatic heterocycles. The van der Waals surface area contributed by atoms with Crippen LogP contribution < -0.4 is 0 Å². The third kappa shape index (κ3) is 5.24. The summed E-state index contributed by atoms with van der Waals surface area (Å²) in [6.45, 7) is 5.83. The molecule has 1 rings (SSSR count). The first-order chi connectivity index (χ1) is 4.30. The van der Waals surface area contributed by atoms with Crippen molar-refractivity contribution in [3.05, 3.63) is 42.5 Å². The molecule has 1 aromatic carbocycles. The SMILES string of the molecule is C=C(C)c1ccccc1.[Na].[Na]. The van der Waals surface area contributed by atoms with Crippen LogP contribution in [0.4, 0.5) is 0 Å². The van der Waals surface area contributed by atoms with Crippen molar-refractivity contribution in [2.45, 2.75) is 6.92 Å². The van der Waals surface area contributed by atoms with E-state index in [0.717, 1.165) is 5.57 Å². The minimum absolute atomic E-state index is 0. The van der Waals surface area contributed by atoms with Gasteiger partial charge in [-0.1, -0.05) is 42.5 Å². The van der Waals surface area contributed by atoms with Crippen molar-refractivity contribution in [2.24, 2.45) is 0 Å². The van der Waals surface area contributed by atoms with Gasteiger partial charge in [0.05, 0.1) is 0 Å². The first kappa shape index (κ1) is 14.5. The zero-order chi connectivity index (χ0) is 6.69. The molecule has 0 saturated heterocycles. The molecule has 48 valence electrons. The molecule has 2 heteroatoms. The van der Waals surface area contributed by atoms with E-state index < -0.39 is 0 Å². The number of hydrogen-bond acceptors (Lipinski definition) is 0. The maximum atomic E-state index is 3.83. The van der Waals surface area contributed by atoms with Gasteiger partial charge in [-0.2, -0.15) is 0 Å². The van der Waals surface area contributed by atoms with Gasteiger partial charge >= 0.3 is 0 Å². The van der Waals surface area contributed by atoms with Gasteiger partial charge in [-0.05, 0) is 12.5 Å². The summed E-state index contributed by atoms with van der Waals surface area (Å²) >= 11 is 0. The Balaban J connectivity index is 0. The summed E-state index contributed by atoms with van der Waals surface area (Å²) in [5, 5.41) is 0. The van der Waals surface area contributed by atoms with Crippen LogP contribution in [0.25, 0.3) is 5.57 Å². The minimum atomic E-state index is 0. The molecule has 0 unspecified atom stereocenters. The Labute approximate surface area is 113 Å². The molecule has 2 radical (unpaired) electrons. The molecule has 0 bridgehead atoms. The first-order valence-electron chi connectivity index (χ1n) is 3.01. The van der Waals surface area contributed by atoms with Gasteiger partial charge in [-0.3, -0.25) is 0 Å². The van der Waals surface area contributed by atoms with Crippen LogP contribution >= 0.6 is 0 Å². The molecule has 0 nitrogen and oxygen atoms in total. The molecule has 0 fully saturated rings. The zero-order valence-corrected chi connectivity index (χ0v) is 11.6. The van der Waals surface area contributed by atoms with Gasteiger partial charge in [0.15, 0.2) is 0 Å². The molecule has 0 atom stereocenters. The van der Waals surface area contributed by atoms with Gasteiger partial charge < -0.3 is 0 Å². The number of rotatable bonds is 1.